The quantitative estimate of drug-likeness (QED) is 0.901. The second kappa shape index (κ2) is 7.22. The van der Waals surface area contributed by atoms with Gasteiger partial charge in [-0.1, -0.05) is 13.0 Å². The van der Waals surface area contributed by atoms with Crippen LogP contribution in [0.25, 0.3) is 0 Å². The van der Waals surface area contributed by atoms with Crippen molar-refractivity contribution in [3.05, 3.63) is 57.8 Å². The third kappa shape index (κ3) is 3.82. The number of aromatic nitrogens is 1. The molecule has 0 aliphatic rings. The Hall–Kier alpha value is -1.88. The number of halogens is 1. The Morgan fingerprint density at radius 3 is 2.90 bits per heavy atom. The normalized spacial score (nSPS) is 10.2. The molecule has 0 saturated carbocycles. The highest BCUT2D eigenvalue weighted by atomic mass is 79.9. The molecule has 1 aromatic carbocycles. The van der Waals surface area contributed by atoms with E-state index >= 15 is 0 Å². The monoisotopic (exact) mass is 348 g/mol. The first kappa shape index (κ1) is 15.5. The second-order valence-corrected chi connectivity index (χ2v) is 5.35. The first-order chi connectivity index (χ1) is 10.2. The molecular formula is C16H17BrN2O2. The zero-order chi connectivity index (χ0) is 15.2. The average molecular weight is 349 g/mol. The van der Waals surface area contributed by atoms with E-state index in [-0.39, 0.29) is 5.91 Å². The zero-order valence-corrected chi connectivity index (χ0v) is 13.6. The number of nitrogens with one attached hydrogen (secondary N) is 1. The summed E-state index contributed by atoms with van der Waals surface area (Å²) in [4.78, 5) is 16.6. The molecule has 0 atom stereocenters. The molecule has 0 fully saturated rings. The fraction of sp³-hybridized carbons (Fsp3) is 0.250. The van der Waals surface area contributed by atoms with Crippen LogP contribution in [0.3, 0.4) is 0 Å². The Kier molecular flexibility index (Phi) is 5.33. The molecule has 0 bridgehead atoms. The highest BCUT2D eigenvalue weighted by Crippen LogP contribution is 2.22. The van der Waals surface area contributed by atoms with Gasteiger partial charge in [0.05, 0.1) is 24.9 Å². The molecule has 5 heteroatoms. The molecule has 1 aromatic heterocycles. The van der Waals surface area contributed by atoms with Crippen molar-refractivity contribution in [2.45, 2.75) is 19.9 Å². The van der Waals surface area contributed by atoms with Crippen LogP contribution in [0.2, 0.25) is 0 Å². The van der Waals surface area contributed by atoms with Crippen LogP contribution in [0.5, 0.6) is 5.75 Å². The summed E-state index contributed by atoms with van der Waals surface area (Å²) in [7, 11) is 1.58. The maximum absolute atomic E-state index is 12.3. The SMILES string of the molecule is CCc1cccnc1CNC(=O)c1cc(OC)ccc1Br. The summed E-state index contributed by atoms with van der Waals surface area (Å²) in [5.41, 5.74) is 2.58. The average Bonchev–Trinajstić information content (AvgIpc) is 2.53. The van der Waals surface area contributed by atoms with Crippen LogP contribution in [0.4, 0.5) is 0 Å². The van der Waals surface area contributed by atoms with E-state index in [9.17, 15) is 4.79 Å². The molecule has 0 saturated heterocycles. The molecule has 0 spiro atoms. The van der Waals surface area contributed by atoms with Gasteiger partial charge in [-0.2, -0.15) is 0 Å². The van der Waals surface area contributed by atoms with E-state index in [1.165, 1.54) is 0 Å². The first-order valence-corrected chi connectivity index (χ1v) is 7.49. The Morgan fingerprint density at radius 1 is 1.38 bits per heavy atom. The smallest absolute Gasteiger partial charge is 0.252 e. The van der Waals surface area contributed by atoms with Gasteiger partial charge in [0.15, 0.2) is 0 Å². The highest BCUT2D eigenvalue weighted by Gasteiger charge is 2.12. The Bertz CT molecular complexity index is 644. The van der Waals surface area contributed by atoms with Crippen molar-refractivity contribution in [3.63, 3.8) is 0 Å². The van der Waals surface area contributed by atoms with Crippen LogP contribution in [0.15, 0.2) is 41.0 Å². The molecule has 0 aliphatic carbocycles. The van der Waals surface area contributed by atoms with E-state index in [0.29, 0.717) is 17.9 Å². The number of pyridine rings is 1. The van der Waals surface area contributed by atoms with Gasteiger partial charge in [0, 0.05) is 10.7 Å². The number of ether oxygens (including phenoxy) is 1. The predicted octanol–water partition coefficient (Wildman–Crippen LogP) is 3.35. The van der Waals surface area contributed by atoms with Gasteiger partial charge in [0.25, 0.3) is 5.91 Å². The van der Waals surface area contributed by atoms with Crippen LogP contribution in [-0.2, 0) is 13.0 Å². The van der Waals surface area contributed by atoms with Crippen LogP contribution < -0.4 is 10.1 Å². The van der Waals surface area contributed by atoms with Crippen LogP contribution in [0, 0.1) is 0 Å². The van der Waals surface area contributed by atoms with Crippen LogP contribution in [-0.4, -0.2) is 18.0 Å². The number of benzene rings is 1. The number of rotatable bonds is 5. The number of hydrogen-bond acceptors (Lipinski definition) is 3. The first-order valence-electron chi connectivity index (χ1n) is 6.70. The highest BCUT2D eigenvalue weighted by molar-refractivity contribution is 9.10. The van der Waals surface area contributed by atoms with Crippen molar-refractivity contribution in [2.75, 3.05) is 7.11 Å². The molecule has 1 N–H and O–H groups in total. The van der Waals surface area contributed by atoms with Gasteiger partial charge < -0.3 is 10.1 Å². The molecule has 2 aromatic rings. The summed E-state index contributed by atoms with van der Waals surface area (Å²) < 4.78 is 5.88. The molecule has 4 nitrogen and oxygen atoms in total. The minimum atomic E-state index is -0.159. The molecular weight excluding hydrogens is 332 g/mol. The van der Waals surface area contributed by atoms with Crippen molar-refractivity contribution >= 4 is 21.8 Å². The third-order valence-electron chi connectivity index (χ3n) is 3.20. The van der Waals surface area contributed by atoms with Gasteiger partial charge in [-0.05, 0) is 52.2 Å². The number of methoxy groups -OCH3 is 1. The lowest BCUT2D eigenvalue weighted by atomic mass is 10.1. The van der Waals surface area contributed by atoms with E-state index in [1.54, 1.807) is 31.5 Å². The summed E-state index contributed by atoms with van der Waals surface area (Å²) in [5, 5.41) is 2.90. The van der Waals surface area contributed by atoms with Crippen LogP contribution in [0.1, 0.15) is 28.5 Å². The van der Waals surface area contributed by atoms with Crippen molar-refractivity contribution in [1.82, 2.24) is 10.3 Å². The van der Waals surface area contributed by atoms with Crippen molar-refractivity contribution in [1.29, 1.82) is 0 Å². The lowest BCUT2D eigenvalue weighted by Crippen LogP contribution is -2.24. The van der Waals surface area contributed by atoms with E-state index in [1.807, 2.05) is 12.1 Å². The molecule has 21 heavy (non-hydrogen) atoms. The lowest BCUT2D eigenvalue weighted by Gasteiger charge is -2.10. The largest absolute Gasteiger partial charge is 0.497 e. The zero-order valence-electron chi connectivity index (χ0n) is 12.0. The third-order valence-corrected chi connectivity index (χ3v) is 3.89. The number of carbonyl (C=O) groups is 1. The van der Waals surface area contributed by atoms with Gasteiger partial charge >= 0.3 is 0 Å². The second-order valence-electron chi connectivity index (χ2n) is 4.49. The fourth-order valence-corrected chi connectivity index (χ4v) is 2.44. The number of nitrogens with zero attached hydrogens (tertiary/aromatic N) is 1. The number of amides is 1. The standard InChI is InChI=1S/C16H17BrN2O2/c1-3-11-5-4-8-18-15(11)10-19-16(20)13-9-12(21-2)6-7-14(13)17/h4-9H,3,10H2,1-2H3,(H,19,20). The maximum atomic E-state index is 12.3. The van der Waals surface area contributed by atoms with Crippen LogP contribution >= 0.6 is 15.9 Å². The summed E-state index contributed by atoms with van der Waals surface area (Å²) in [6.45, 7) is 2.48. The Balaban J connectivity index is 2.11. The summed E-state index contributed by atoms with van der Waals surface area (Å²) >= 11 is 3.38. The molecule has 1 heterocycles. The predicted molar refractivity (Wildman–Crippen MR) is 85.5 cm³/mol. The number of aryl methyl sites for hydroxylation is 1. The molecule has 110 valence electrons. The minimum absolute atomic E-state index is 0.159. The molecule has 0 radical (unpaired) electrons. The van der Waals surface area contributed by atoms with E-state index in [4.69, 9.17) is 4.74 Å². The Morgan fingerprint density at radius 2 is 2.19 bits per heavy atom. The Labute approximate surface area is 132 Å². The number of carbonyl (C=O) groups excluding carboxylic acids is 1. The van der Waals surface area contributed by atoms with Gasteiger partial charge in [0.1, 0.15) is 5.75 Å². The van der Waals surface area contributed by atoms with Gasteiger partial charge in [0.2, 0.25) is 0 Å². The molecule has 1 amide bonds. The maximum Gasteiger partial charge on any atom is 0.252 e. The van der Waals surface area contributed by atoms with Crippen molar-refractivity contribution in [2.24, 2.45) is 0 Å². The van der Waals surface area contributed by atoms with E-state index < -0.39 is 0 Å². The van der Waals surface area contributed by atoms with Crippen molar-refractivity contribution in [3.8, 4) is 5.75 Å². The minimum Gasteiger partial charge on any atom is -0.497 e. The van der Waals surface area contributed by atoms with E-state index in [2.05, 4.69) is 33.2 Å². The van der Waals surface area contributed by atoms with Gasteiger partial charge in [-0.25, -0.2) is 0 Å². The molecule has 0 aliphatic heterocycles. The van der Waals surface area contributed by atoms with E-state index in [0.717, 1.165) is 22.2 Å². The molecule has 0 unspecified atom stereocenters. The van der Waals surface area contributed by atoms with Crippen molar-refractivity contribution < 1.29 is 9.53 Å². The number of hydrogen-bond donors (Lipinski definition) is 1. The molecule has 2 rings (SSSR count). The fourth-order valence-electron chi connectivity index (χ4n) is 2.02. The van der Waals surface area contributed by atoms with Gasteiger partial charge in [-0.15, -0.1) is 0 Å². The van der Waals surface area contributed by atoms with Gasteiger partial charge in [-0.3, -0.25) is 9.78 Å². The topological polar surface area (TPSA) is 51.2 Å². The summed E-state index contributed by atoms with van der Waals surface area (Å²) in [5.74, 6) is 0.490. The lowest BCUT2D eigenvalue weighted by molar-refractivity contribution is 0.0949. The summed E-state index contributed by atoms with van der Waals surface area (Å²) in [6.07, 6.45) is 2.63. The summed E-state index contributed by atoms with van der Waals surface area (Å²) in [6, 6.07) is 9.23.